The summed E-state index contributed by atoms with van der Waals surface area (Å²) < 4.78 is 5.10. The molecule has 0 aromatic heterocycles. The van der Waals surface area contributed by atoms with E-state index in [-0.39, 0.29) is 35.6 Å². The second kappa shape index (κ2) is 6.14. The minimum absolute atomic E-state index is 0.0192. The van der Waals surface area contributed by atoms with E-state index in [1.54, 1.807) is 6.08 Å². The summed E-state index contributed by atoms with van der Waals surface area (Å²) in [6.07, 6.45) is 7.36. The maximum Gasteiger partial charge on any atom is 0.331 e. The van der Waals surface area contributed by atoms with Gasteiger partial charge in [0.15, 0.2) is 0 Å². The molecule has 0 unspecified atom stereocenters. The lowest BCUT2D eigenvalue weighted by Crippen LogP contribution is -2.66. The fourth-order valence-corrected chi connectivity index (χ4v) is 7.95. The Kier molecular flexibility index (Phi) is 4.18. The molecule has 0 amide bonds. The third kappa shape index (κ3) is 2.58. The highest BCUT2D eigenvalue weighted by Gasteiger charge is 2.68. The summed E-state index contributed by atoms with van der Waals surface area (Å²) >= 11 is 0. The van der Waals surface area contributed by atoms with Crippen molar-refractivity contribution in [3.05, 3.63) is 11.6 Å². The summed E-state index contributed by atoms with van der Waals surface area (Å²) in [5.74, 6) is 0.0379. The normalized spacial score (nSPS) is 54.1. The van der Waals surface area contributed by atoms with E-state index < -0.39 is 22.7 Å². The van der Waals surface area contributed by atoms with Gasteiger partial charge < -0.3 is 24.9 Å². The number of rotatable bonds is 2. The molecule has 5 rings (SSSR count). The molecule has 5 aliphatic rings. The van der Waals surface area contributed by atoms with Crippen molar-refractivity contribution in [2.24, 2.45) is 28.6 Å². The Morgan fingerprint density at radius 2 is 1.86 bits per heavy atom. The van der Waals surface area contributed by atoms with Gasteiger partial charge in [0.05, 0.1) is 22.7 Å². The fraction of sp³-hybridized carbons (Fsp3) is 0.826. The summed E-state index contributed by atoms with van der Waals surface area (Å²) in [5, 5.41) is 33.4. The zero-order valence-electron chi connectivity index (χ0n) is 17.1. The van der Waals surface area contributed by atoms with E-state index >= 15 is 0 Å². The van der Waals surface area contributed by atoms with Crippen molar-refractivity contribution < 1.29 is 29.6 Å². The van der Waals surface area contributed by atoms with Crippen molar-refractivity contribution in [2.45, 2.75) is 82.0 Å². The number of esters is 1. The van der Waals surface area contributed by atoms with Crippen LogP contribution in [-0.2, 0) is 14.3 Å². The second-order valence-corrected chi connectivity index (χ2v) is 10.9. The average Bonchev–Trinajstić information content (AvgIpc) is 3.20. The summed E-state index contributed by atoms with van der Waals surface area (Å²) in [5.41, 5.74) is -2.19. The Balaban J connectivity index is 1.48. The fourth-order valence-electron chi connectivity index (χ4n) is 7.95. The van der Waals surface area contributed by atoms with E-state index in [2.05, 4.69) is 6.92 Å². The van der Waals surface area contributed by atoms with Gasteiger partial charge in [-0.2, -0.15) is 0 Å². The lowest BCUT2D eigenvalue weighted by Gasteiger charge is -2.63. The summed E-state index contributed by atoms with van der Waals surface area (Å²) in [6.45, 7) is 2.43. The Morgan fingerprint density at radius 1 is 1.07 bits per heavy atom. The van der Waals surface area contributed by atoms with Crippen LogP contribution in [0.4, 0.5) is 0 Å². The van der Waals surface area contributed by atoms with Gasteiger partial charge in [-0.05, 0) is 80.1 Å². The topological polar surface area (TPSA) is 104 Å². The Hall–Kier alpha value is -1.24. The van der Waals surface area contributed by atoms with E-state index in [9.17, 15) is 24.9 Å². The van der Waals surface area contributed by atoms with Crippen LogP contribution in [0.1, 0.15) is 64.7 Å². The molecule has 4 saturated carbocycles. The van der Waals surface area contributed by atoms with Crippen molar-refractivity contribution in [3.63, 3.8) is 0 Å². The lowest BCUT2D eigenvalue weighted by atomic mass is 9.43. The average molecular weight is 405 g/mol. The summed E-state index contributed by atoms with van der Waals surface area (Å²) in [6, 6.07) is 0. The highest BCUT2D eigenvalue weighted by Crippen LogP contribution is 2.68. The zero-order chi connectivity index (χ0) is 20.7. The minimum atomic E-state index is -1.15. The van der Waals surface area contributed by atoms with E-state index in [4.69, 9.17) is 4.74 Å². The molecule has 29 heavy (non-hydrogen) atoms. The van der Waals surface area contributed by atoms with Gasteiger partial charge in [0.1, 0.15) is 12.9 Å². The first kappa shape index (κ1) is 19.7. The molecule has 3 N–H and O–H groups in total. The van der Waals surface area contributed by atoms with E-state index in [1.165, 1.54) is 0 Å². The van der Waals surface area contributed by atoms with Gasteiger partial charge in [-0.3, -0.25) is 0 Å². The molecule has 4 aliphatic carbocycles. The van der Waals surface area contributed by atoms with Crippen molar-refractivity contribution in [2.75, 3.05) is 6.61 Å². The number of aliphatic hydroxyl groups is 3. The Labute approximate surface area is 171 Å². The SMILES string of the molecule is C[C@]12C[C@@H](C3=CC(=O)OC3)C[C@@]1(O)C[C@@H]1CC[C@]3(O)C[C@H](O)CC[C@@]3(C=O)[C@H]1C2. The molecule has 0 saturated heterocycles. The number of aldehydes is 1. The number of hydrogen-bond acceptors (Lipinski definition) is 6. The van der Waals surface area contributed by atoms with Gasteiger partial charge in [-0.25, -0.2) is 4.79 Å². The smallest absolute Gasteiger partial charge is 0.331 e. The van der Waals surface area contributed by atoms with E-state index in [1.807, 2.05) is 0 Å². The largest absolute Gasteiger partial charge is 0.458 e. The molecule has 0 aromatic rings. The molecular formula is C23H32O6. The molecule has 4 fully saturated rings. The number of hydrogen-bond donors (Lipinski definition) is 3. The van der Waals surface area contributed by atoms with Gasteiger partial charge in [0, 0.05) is 12.5 Å². The maximum absolute atomic E-state index is 12.5. The van der Waals surface area contributed by atoms with Crippen molar-refractivity contribution in [1.82, 2.24) is 0 Å². The number of cyclic esters (lactones) is 1. The van der Waals surface area contributed by atoms with Gasteiger partial charge in [-0.1, -0.05) is 6.92 Å². The molecule has 0 aromatic carbocycles. The number of carbonyl (C=O) groups excluding carboxylic acids is 2. The third-order valence-corrected chi connectivity index (χ3v) is 9.58. The predicted octanol–water partition coefficient (Wildman–Crippen LogP) is 1.90. The first-order chi connectivity index (χ1) is 13.6. The van der Waals surface area contributed by atoms with Crippen molar-refractivity contribution in [1.29, 1.82) is 0 Å². The monoisotopic (exact) mass is 404 g/mol. The van der Waals surface area contributed by atoms with Crippen LogP contribution in [0.2, 0.25) is 0 Å². The molecule has 6 heteroatoms. The van der Waals surface area contributed by atoms with Gasteiger partial charge in [0.2, 0.25) is 0 Å². The van der Waals surface area contributed by atoms with Crippen LogP contribution < -0.4 is 0 Å². The highest BCUT2D eigenvalue weighted by molar-refractivity contribution is 5.85. The Bertz CT molecular complexity index is 777. The van der Waals surface area contributed by atoms with Crippen LogP contribution in [0.3, 0.4) is 0 Å². The quantitative estimate of drug-likeness (QED) is 0.480. The molecule has 0 spiro atoms. The second-order valence-electron chi connectivity index (χ2n) is 10.9. The molecule has 0 radical (unpaired) electrons. The predicted molar refractivity (Wildman–Crippen MR) is 104 cm³/mol. The number of carbonyl (C=O) groups is 2. The van der Waals surface area contributed by atoms with E-state index in [0.29, 0.717) is 45.1 Å². The first-order valence-electron chi connectivity index (χ1n) is 11.1. The summed E-state index contributed by atoms with van der Waals surface area (Å²) in [7, 11) is 0. The van der Waals surface area contributed by atoms with E-state index in [0.717, 1.165) is 24.7 Å². The zero-order valence-corrected chi connectivity index (χ0v) is 17.1. The van der Waals surface area contributed by atoms with Crippen LogP contribution in [0, 0.1) is 28.6 Å². The molecule has 0 bridgehead atoms. The van der Waals surface area contributed by atoms with Crippen molar-refractivity contribution in [3.8, 4) is 0 Å². The molecule has 1 heterocycles. The third-order valence-electron chi connectivity index (χ3n) is 9.58. The highest BCUT2D eigenvalue weighted by atomic mass is 16.5. The van der Waals surface area contributed by atoms with Gasteiger partial charge in [0.25, 0.3) is 0 Å². The molecule has 1 aliphatic heterocycles. The number of ether oxygens (including phenoxy) is 1. The molecular weight excluding hydrogens is 372 g/mol. The number of aliphatic hydroxyl groups excluding tert-OH is 1. The first-order valence-corrected chi connectivity index (χ1v) is 11.1. The molecule has 6 nitrogen and oxygen atoms in total. The lowest BCUT2D eigenvalue weighted by molar-refractivity contribution is -0.229. The molecule has 160 valence electrons. The van der Waals surface area contributed by atoms with Crippen LogP contribution in [0.25, 0.3) is 0 Å². The van der Waals surface area contributed by atoms with Gasteiger partial charge in [-0.15, -0.1) is 0 Å². The van der Waals surface area contributed by atoms with Crippen LogP contribution in [0.15, 0.2) is 11.6 Å². The minimum Gasteiger partial charge on any atom is -0.458 e. The Morgan fingerprint density at radius 3 is 2.55 bits per heavy atom. The molecule has 8 atom stereocenters. The summed E-state index contributed by atoms with van der Waals surface area (Å²) in [4.78, 5) is 24.0. The van der Waals surface area contributed by atoms with Crippen LogP contribution in [0.5, 0.6) is 0 Å². The van der Waals surface area contributed by atoms with Crippen LogP contribution in [-0.4, -0.2) is 51.5 Å². The number of fused-ring (bicyclic) bond motifs is 4. The van der Waals surface area contributed by atoms with Crippen LogP contribution >= 0.6 is 0 Å². The standard InChI is InChI=1S/C23H32O6/c1-20-7-16(15-6-19(26)29-12-15)9-23(20,28)8-14-2-5-22(27)10-17(25)3-4-21(22,13-24)18(14)11-20/h6,13-14,16-18,25,27-28H,2-5,7-12H2,1H3/t14-,16+,17+,18-,20+,21+,22-,23-/m0/s1. The maximum atomic E-state index is 12.5. The van der Waals surface area contributed by atoms with Gasteiger partial charge >= 0.3 is 5.97 Å². The van der Waals surface area contributed by atoms with Crippen molar-refractivity contribution >= 4 is 12.3 Å².